The quantitative estimate of drug-likeness (QED) is 0.444. The number of carbonyl (C=O) groups is 1. The van der Waals surface area contributed by atoms with Crippen LogP contribution in [0.15, 0.2) is 12.3 Å². The van der Waals surface area contributed by atoms with E-state index in [2.05, 4.69) is 4.98 Å². The van der Waals surface area contributed by atoms with E-state index in [1.54, 1.807) is 0 Å². The first kappa shape index (κ1) is 9.40. The Bertz CT molecular complexity index is 379. The number of hydrogen-bond donors (Lipinski definition) is 1. The van der Waals surface area contributed by atoms with Gasteiger partial charge in [0.05, 0.1) is 4.92 Å². The van der Waals surface area contributed by atoms with E-state index >= 15 is 0 Å². The van der Waals surface area contributed by atoms with Crippen LogP contribution in [0.3, 0.4) is 0 Å². The van der Waals surface area contributed by atoms with Crippen molar-refractivity contribution in [1.29, 1.82) is 0 Å². The first-order valence-corrected chi connectivity index (χ1v) is 3.44. The van der Waals surface area contributed by atoms with Crippen molar-refractivity contribution in [2.75, 3.05) is 0 Å². The van der Waals surface area contributed by atoms with E-state index in [9.17, 15) is 14.9 Å². The Morgan fingerprint density at radius 3 is 2.69 bits per heavy atom. The van der Waals surface area contributed by atoms with Gasteiger partial charge in [0.2, 0.25) is 5.15 Å². The monoisotopic (exact) mass is 202 g/mol. The summed E-state index contributed by atoms with van der Waals surface area (Å²) in [4.78, 5) is 23.4. The molecule has 1 aromatic heterocycles. The zero-order chi connectivity index (χ0) is 10.0. The van der Waals surface area contributed by atoms with Gasteiger partial charge >= 0.3 is 11.7 Å². The molecule has 0 fully saturated rings. The minimum Gasteiger partial charge on any atom is -0.477 e. The van der Waals surface area contributed by atoms with E-state index in [0.717, 1.165) is 12.3 Å². The van der Waals surface area contributed by atoms with Crippen LogP contribution in [-0.2, 0) is 0 Å². The van der Waals surface area contributed by atoms with Crippen molar-refractivity contribution in [3.05, 3.63) is 33.1 Å². The third kappa shape index (κ3) is 1.73. The van der Waals surface area contributed by atoms with Crippen LogP contribution in [0.2, 0.25) is 5.15 Å². The fourth-order valence-electron chi connectivity index (χ4n) is 0.775. The smallest absolute Gasteiger partial charge is 0.342 e. The molecule has 0 bridgehead atoms. The number of hydrogen-bond acceptors (Lipinski definition) is 4. The van der Waals surface area contributed by atoms with Gasteiger partial charge in [0, 0.05) is 6.20 Å². The lowest BCUT2D eigenvalue weighted by atomic mass is 10.2. The number of nitro groups is 1. The van der Waals surface area contributed by atoms with E-state index < -0.39 is 27.3 Å². The molecule has 0 atom stereocenters. The first-order chi connectivity index (χ1) is 6.04. The van der Waals surface area contributed by atoms with Crippen LogP contribution in [-0.4, -0.2) is 21.0 Å². The number of aromatic carboxylic acids is 1. The van der Waals surface area contributed by atoms with Crippen molar-refractivity contribution >= 4 is 23.3 Å². The van der Waals surface area contributed by atoms with Crippen LogP contribution in [0.5, 0.6) is 0 Å². The Morgan fingerprint density at radius 1 is 1.69 bits per heavy atom. The van der Waals surface area contributed by atoms with Crippen molar-refractivity contribution in [3.63, 3.8) is 0 Å². The van der Waals surface area contributed by atoms with Gasteiger partial charge in [-0.25, -0.2) is 9.78 Å². The highest BCUT2D eigenvalue weighted by atomic mass is 35.5. The van der Waals surface area contributed by atoms with Crippen molar-refractivity contribution in [2.45, 2.75) is 0 Å². The zero-order valence-electron chi connectivity index (χ0n) is 6.10. The van der Waals surface area contributed by atoms with Crippen molar-refractivity contribution in [1.82, 2.24) is 4.98 Å². The second kappa shape index (κ2) is 3.36. The molecular formula is C6H3ClN2O4. The fourth-order valence-corrected chi connectivity index (χ4v) is 1.00. The summed E-state index contributed by atoms with van der Waals surface area (Å²) in [5, 5.41) is 18.5. The molecular weight excluding hydrogens is 200 g/mol. The Balaban J connectivity index is 3.43. The van der Waals surface area contributed by atoms with Gasteiger partial charge < -0.3 is 5.11 Å². The van der Waals surface area contributed by atoms with Gasteiger partial charge in [-0.15, -0.1) is 0 Å². The van der Waals surface area contributed by atoms with Gasteiger partial charge in [0.1, 0.15) is 5.56 Å². The average molecular weight is 203 g/mol. The molecule has 0 saturated carbocycles. The predicted octanol–water partition coefficient (Wildman–Crippen LogP) is 1.34. The topological polar surface area (TPSA) is 93.3 Å². The van der Waals surface area contributed by atoms with Gasteiger partial charge in [-0.2, -0.15) is 0 Å². The molecule has 0 amide bonds. The molecule has 0 spiro atoms. The summed E-state index contributed by atoms with van der Waals surface area (Å²) in [7, 11) is 0. The highest BCUT2D eigenvalue weighted by molar-refractivity contribution is 6.32. The van der Waals surface area contributed by atoms with Crippen LogP contribution < -0.4 is 0 Å². The second-order valence-electron chi connectivity index (χ2n) is 2.06. The number of aromatic nitrogens is 1. The molecule has 1 aromatic rings. The van der Waals surface area contributed by atoms with Gasteiger partial charge in [0.15, 0.2) is 0 Å². The molecule has 13 heavy (non-hydrogen) atoms. The maximum Gasteiger partial charge on any atom is 0.342 e. The molecule has 0 aromatic carbocycles. The maximum absolute atomic E-state index is 10.5. The zero-order valence-corrected chi connectivity index (χ0v) is 6.85. The SMILES string of the molecule is O=C(O)c1ccnc(Cl)c1[N+](=O)[O-]. The number of nitrogens with zero attached hydrogens (tertiary/aromatic N) is 2. The largest absolute Gasteiger partial charge is 0.477 e. The molecule has 1 N–H and O–H groups in total. The second-order valence-corrected chi connectivity index (χ2v) is 2.42. The predicted molar refractivity (Wildman–Crippen MR) is 42.9 cm³/mol. The summed E-state index contributed by atoms with van der Waals surface area (Å²) in [6.45, 7) is 0. The van der Waals surface area contributed by atoms with Crippen molar-refractivity contribution < 1.29 is 14.8 Å². The highest BCUT2D eigenvalue weighted by Crippen LogP contribution is 2.25. The van der Waals surface area contributed by atoms with E-state index in [1.807, 2.05) is 0 Å². The highest BCUT2D eigenvalue weighted by Gasteiger charge is 2.23. The standard InChI is InChI=1S/C6H3ClN2O4/c7-5-4(9(12)13)3(6(10)11)1-2-8-5/h1-2H,(H,10,11). The summed E-state index contributed by atoms with van der Waals surface area (Å²) in [6, 6.07) is 1.02. The Hall–Kier alpha value is -1.69. The molecule has 68 valence electrons. The Morgan fingerprint density at radius 2 is 2.31 bits per heavy atom. The van der Waals surface area contributed by atoms with Crippen LogP contribution in [0.4, 0.5) is 5.69 Å². The van der Waals surface area contributed by atoms with Gasteiger partial charge in [-0.3, -0.25) is 10.1 Å². The van der Waals surface area contributed by atoms with Crippen molar-refractivity contribution in [3.8, 4) is 0 Å². The molecule has 1 heterocycles. The molecule has 0 aliphatic carbocycles. The van der Waals surface area contributed by atoms with Crippen molar-refractivity contribution in [2.24, 2.45) is 0 Å². The van der Waals surface area contributed by atoms with E-state index in [4.69, 9.17) is 16.7 Å². The number of pyridine rings is 1. The Labute approximate surface area is 76.9 Å². The van der Waals surface area contributed by atoms with Gasteiger partial charge in [-0.05, 0) is 6.07 Å². The first-order valence-electron chi connectivity index (χ1n) is 3.06. The lowest BCUT2D eigenvalue weighted by Crippen LogP contribution is -2.03. The van der Waals surface area contributed by atoms with Crippen LogP contribution >= 0.6 is 11.6 Å². The maximum atomic E-state index is 10.5. The number of halogens is 1. The third-order valence-electron chi connectivity index (χ3n) is 1.29. The normalized spacial score (nSPS) is 9.62. The number of carboxylic acid groups (broad SMARTS) is 1. The van der Waals surface area contributed by atoms with E-state index in [1.165, 1.54) is 0 Å². The summed E-state index contributed by atoms with van der Waals surface area (Å²) >= 11 is 5.35. The van der Waals surface area contributed by atoms with E-state index in [-0.39, 0.29) is 0 Å². The average Bonchev–Trinajstić information content (AvgIpc) is 2.02. The van der Waals surface area contributed by atoms with Crippen LogP contribution in [0, 0.1) is 10.1 Å². The number of rotatable bonds is 2. The van der Waals surface area contributed by atoms with Crippen LogP contribution in [0.25, 0.3) is 0 Å². The van der Waals surface area contributed by atoms with Gasteiger partial charge in [0.25, 0.3) is 0 Å². The van der Waals surface area contributed by atoms with Gasteiger partial charge in [-0.1, -0.05) is 11.6 Å². The molecule has 0 radical (unpaired) electrons. The van der Waals surface area contributed by atoms with E-state index in [0.29, 0.717) is 0 Å². The minimum atomic E-state index is -1.41. The summed E-state index contributed by atoms with van der Waals surface area (Å²) in [6.07, 6.45) is 1.10. The fraction of sp³-hybridized carbons (Fsp3) is 0. The summed E-state index contributed by atoms with van der Waals surface area (Å²) < 4.78 is 0. The molecule has 6 nitrogen and oxygen atoms in total. The summed E-state index contributed by atoms with van der Waals surface area (Å²) in [5.74, 6) is -1.41. The molecule has 0 saturated heterocycles. The lowest BCUT2D eigenvalue weighted by Gasteiger charge is -1.97. The minimum absolute atomic E-state index is 0.426. The molecule has 0 aliphatic heterocycles. The molecule has 7 heteroatoms. The lowest BCUT2D eigenvalue weighted by molar-refractivity contribution is -0.385. The summed E-state index contributed by atoms with van der Waals surface area (Å²) in [5.41, 5.74) is -1.15. The van der Waals surface area contributed by atoms with Crippen LogP contribution in [0.1, 0.15) is 10.4 Å². The third-order valence-corrected chi connectivity index (χ3v) is 1.57. The molecule has 1 rings (SSSR count). The molecule has 0 aliphatic rings. The molecule has 0 unspecified atom stereocenters. The Kier molecular flexibility index (Phi) is 2.43. The number of carboxylic acids is 1.